The Morgan fingerprint density at radius 2 is 1.95 bits per heavy atom. The molecule has 6 nitrogen and oxygen atoms in total. The van der Waals surface area contributed by atoms with Crippen molar-refractivity contribution < 1.29 is 24.2 Å². The summed E-state index contributed by atoms with van der Waals surface area (Å²) in [5.41, 5.74) is 1.23. The number of ether oxygens (including phenoxy) is 2. The Kier molecular flexibility index (Phi) is 4.16. The highest BCUT2D eigenvalue weighted by atomic mass is 16.5. The minimum Gasteiger partial charge on any atom is -0.497 e. The van der Waals surface area contributed by atoms with E-state index >= 15 is 0 Å². The zero-order valence-corrected chi connectivity index (χ0v) is 12.2. The predicted octanol–water partition coefficient (Wildman–Crippen LogP) is 2.34. The largest absolute Gasteiger partial charge is 0.497 e. The molecule has 0 saturated heterocycles. The summed E-state index contributed by atoms with van der Waals surface area (Å²) in [4.78, 5) is 22.6. The monoisotopic (exact) mass is 291 g/mol. The molecule has 0 spiro atoms. The Labute approximate surface area is 121 Å². The van der Waals surface area contributed by atoms with Crippen molar-refractivity contribution in [2.75, 3.05) is 14.2 Å². The number of Topliss-reactive ketones (excluding diaryl/α,β-unsaturated/α-hetero) is 1. The molecule has 0 amide bonds. The smallest absolute Gasteiger partial charge is 0.305 e. The van der Waals surface area contributed by atoms with Gasteiger partial charge in [0.25, 0.3) is 0 Å². The Morgan fingerprint density at radius 3 is 2.48 bits per heavy atom. The van der Waals surface area contributed by atoms with E-state index in [0.717, 1.165) is 5.52 Å². The molecular weight excluding hydrogens is 274 g/mol. The number of nitrogens with zero attached hydrogens (tertiary/aromatic N) is 1. The summed E-state index contributed by atoms with van der Waals surface area (Å²) in [6.07, 6.45) is 1.64. The van der Waals surface area contributed by atoms with Crippen molar-refractivity contribution in [1.29, 1.82) is 0 Å². The number of methoxy groups -OCH3 is 2. The Hall–Kier alpha value is -2.50. The van der Waals surface area contributed by atoms with Crippen molar-refractivity contribution in [1.82, 2.24) is 4.57 Å². The van der Waals surface area contributed by atoms with E-state index in [4.69, 9.17) is 14.6 Å². The first-order valence-corrected chi connectivity index (χ1v) is 6.45. The van der Waals surface area contributed by atoms with Gasteiger partial charge in [0.2, 0.25) is 0 Å². The summed E-state index contributed by atoms with van der Waals surface area (Å²) in [7, 11) is 3.06. The third kappa shape index (κ3) is 2.84. The number of aliphatic carboxylic acids is 1. The Balaban J connectivity index is 2.68. The van der Waals surface area contributed by atoms with E-state index in [-0.39, 0.29) is 18.7 Å². The highest BCUT2D eigenvalue weighted by Gasteiger charge is 2.18. The number of carboxylic acid groups (broad SMARTS) is 1. The molecule has 0 radical (unpaired) electrons. The van der Waals surface area contributed by atoms with Crippen molar-refractivity contribution in [3.63, 3.8) is 0 Å². The molecule has 2 rings (SSSR count). The number of rotatable bonds is 6. The quantitative estimate of drug-likeness (QED) is 0.826. The van der Waals surface area contributed by atoms with Crippen LogP contribution < -0.4 is 9.47 Å². The maximum absolute atomic E-state index is 11.8. The second kappa shape index (κ2) is 5.87. The van der Waals surface area contributed by atoms with Gasteiger partial charge in [-0.25, -0.2) is 0 Å². The highest BCUT2D eigenvalue weighted by Crippen LogP contribution is 2.35. The van der Waals surface area contributed by atoms with Crippen LogP contribution in [0, 0.1) is 0 Å². The number of hydrogen-bond donors (Lipinski definition) is 1. The molecule has 0 aliphatic rings. The molecule has 1 aromatic carbocycles. The first-order valence-electron chi connectivity index (χ1n) is 6.45. The summed E-state index contributed by atoms with van der Waals surface area (Å²) in [6.45, 7) is 1.75. The average molecular weight is 291 g/mol. The molecule has 0 unspecified atom stereocenters. The van der Waals surface area contributed by atoms with E-state index in [9.17, 15) is 9.59 Å². The molecule has 0 aliphatic heterocycles. The summed E-state index contributed by atoms with van der Waals surface area (Å²) < 4.78 is 12.3. The Morgan fingerprint density at radius 1 is 1.24 bits per heavy atom. The highest BCUT2D eigenvalue weighted by molar-refractivity contribution is 6.09. The van der Waals surface area contributed by atoms with Crippen LogP contribution in [0.15, 0.2) is 18.3 Å². The van der Waals surface area contributed by atoms with Crippen LogP contribution in [0.2, 0.25) is 0 Å². The molecule has 0 atom stereocenters. The summed E-state index contributed by atoms with van der Waals surface area (Å²) >= 11 is 0. The number of carbonyl (C=O) groups excluding carboxylic acids is 1. The van der Waals surface area contributed by atoms with Gasteiger partial charge in [-0.3, -0.25) is 9.59 Å². The number of carboxylic acids is 1. The molecule has 0 saturated carbocycles. The SMILES string of the molecule is COc1cc(OC)c2c(C(C)=O)cn(CCC(=O)O)c2c1. The van der Waals surface area contributed by atoms with Gasteiger partial charge in [-0.15, -0.1) is 0 Å². The number of aryl methyl sites for hydroxylation is 1. The van der Waals surface area contributed by atoms with Crippen molar-refractivity contribution >= 4 is 22.7 Å². The third-order valence-corrected chi connectivity index (χ3v) is 3.32. The van der Waals surface area contributed by atoms with Gasteiger partial charge >= 0.3 is 5.97 Å². The second-order valence-corrected chi connectivity index (χ2v) is 4.66. The van der Waals surface area contributed by atoms with Crippen molar-refractivity contribution in [2.24, 2.45) is 0 Å². The molecule has 1 aromatic heterocycles. The molecule has 0 fully saturated rings. The van der Waals surface area contributed by atoms with E-state index in [1.165, 1.54) is 21.1 Å². The minimum atomic E-state index is -0.893. The number of benzene rings is 1. The van der Waals surface area contributed by atoms with Crippen molar-refractivity contribution in [3.05, 3.63) is 23.9 Å². The lowest BCUT2D eigenvalue weighted by molar-refractivity contribution is -0.137. The van der Waals surface area contributed by atoms with Crippen LogP contribution in [0.25, 0.3) is 10.9 Å². The standard InChI is InChI=1S/C15H17NO5/c1-9(17)11-8-16(5-4-14(18)19)12-6-10(20-2)7-13(21-3)15(11)12/h6-8H,4-5H2,1-3H3,(H,18,19). The van der Waals surface area contributed by atoms with E-state index in [1.807, 2.05) is 0 Å². The normalized spacial score (nSPS) is 10.6. The van der Waals surface area contributed by atoms with Crippen LogP contribution in [-0.2, 0) is 11.3 Å². The molecule has 1 N–H and O–H groups in total. The lowest BCUT2D eigenvalue weighted by Crippen LogP contribution is -2.03. The van der Waals surface area contributed by atoms with Gasteiger partial charge in [0, 0.05) is 30.4 Å². The summed E-state index contributed by atoms with van der Waals surface area (Å²) in [5.74, 6) is 0.126. The van der Waals surface area contributed by atoms with Crippen molar-refractivity contribution in [3.8, 4) is 11.5 Å². The van der Waals surface area contributed by atoms with E-state index in [0.29, 0.717) is 22.4 Å². The topological polar surface area (TPSA) is 77.8 Å². The predicted molar refractivity (Wildman–Crippen MR) is 77.3 cm³/mol. The van der Waals surface area contributed by atoms with E-state index in [2.05, 4.69) is 0 Å². The third-order valence-electron chi connectivity index (χ3n) is 3.32. The van der Waals surface area contributed by atoms with Crippen LogP contribution >= 0.6 is 0 Å². The number of fused-ring (bicyclic) bond motifs is 1. The van der Waals surface area contributed by atoms with Crippen molar-refractivity contribution in [2.45, 2.75) is 19.9 Å². The Bertz CT molecular complexity index is 702. The molecule has 112 valence electrons. The van der Waals surface area contributed by atoms with Crippen LogP contribution in [0.4, 0.5) is 0 Å². The van der Waals surface area contributed by atoms with E-state index in [1.54, 1.807) is 22.9 Å². The van der Waals surface area contributed by atoms with Gasteiger partial charge in [-0.1, -0.05) is 0 Å². The minimum absolute atomic E-state index is 0.0271. The molecule has 0 aliphatic carbocycles. The van der Waals surface area contributed by atoms with Gasteiger partial charge in [-0.2, -0.15) is 0 Å². The summed E-state index contributed by atoms with van der Waals surface area (Å²) in [5, 5.41) is 9.51. The van der Waals surface area contributed by atoms with Crippen LogP contribution in [0.3, 0.4) is 0 Å². The van der Waals surface area contributed by atoms with Gasteiger partial charge in [0.15, 0.2) is 5.78 Å². The average Bonchev–Trinajstić information content (AvgIpc) is 2.82. The maximum Gasteiger partial charge on any atom is 0.305 e. The van der Waals surface area contributed by atoms with Gasteiger partial charge in [-0.05, 0) is 6.92 Å². The molecule has 2 aromatic rings. The molecular formula is C15H17NO5. The lowest BCUT2D eigenvalue weighted by Gasteiger charge is -2.09. The fourth-order valence-electron chi connectivity index (χ4n) is 2.31. The fraction of sp³-hybridized carbons (Fsp3) is 0.333. The van der Waals surface area contributed by atoms with Crippen LogP contribution in [-0.4, -0.2) is 35.6 Å². The van der Waals surface area contributed by atoms with Crippen LogP contribution in [0.5, 0.6) is 11.5 Å². The molecule has 1 heterocycles. The van der Waals surface area contributed by atoms with Gasteiger partial charge in [0.1, 0.15) is 11.5 Å². The number of aromatic nitrogens is 1. The molecule has 6 heteroatoms. The zero-order valence-electron chi connectivity index (χ0n) is 12.2. The number of ketones is 1. The number of hydrogen-bond acceptors (Lipinski definition) is 4. The molecule has 21 heavy (non-hydrogen) atoms. The lowest BCUT2D eigenvalue weighted by atomic mass is 10.1. The maximum atomic E-state index is 11.8. The fourth-order valence-corrected chi connectivity index (χ4v) is 2.31. The second-order valence-electron chi connectivity index (χ2n) is 4.66. The first-order chi connectivity index (χ1) is 9.97. The van der Waals surface area contributed by atoms with Gasteiger partial charge < -0.3 is 19.1 Å². The molecule has 0 bridgehead atoms. The summed E-state index contributed by atoms with van der Waals surface area (Å²) in [6, 6.07) is 3.47. The van der Waals surface area contributed by atoms with E-state index < -0.39 is 5.97 Å². The number of carbonyl (C=O) groups is 2. The van der Waals surface area contributed by atoms with Gasteiger partial charge in [0.05, 0.1) is 31.5 Å². The zero-order chi connectivity index (χ0) is 15.6. The first kappa shape index (κ1) is 14.9. The van der Waals surface area contributed by atoms with Crippen LogP contribution in [0.1, 0.15) is 23.7 Å².